The van der Waals surface area contributed by atoms with Crippen molar-refractivity contribution in [2.24, 2.45) is 0 Å². The molecule has 80 valence electrons. The number of hydrogen-bond acceptors (Lipinski definition) is 1. The standard InChI is InChI=1S/C12H26O/c1-2-3-4-5-6-7-8-9-10-11-12-13/h13H,2-12H2,1H3/i3D2,4D2. The molecule has 1 N–H and O–H groups in total. The van der Waals surface area contributed by atoms with E-state index in [4.69, 9.17) is 10.6 Å². The average Bonchev–Trinajstić information content (AvgIpc) is 2.27. The Balaban J connectivity index is 3.66. The Morgan fingerprint density at radius 1 is 0.846 bits per heavy atom. The van der Waals surface area contributed by atoms with Crippen molar-refractivity contribution in [2.45, 2.75) is 71.0 Å². The molecule has 0 unspecified atom stereocenters. The Bertz CT molecular complexity index is 195. The zero-order valence-corrected chi connectivity index (χ0v) is 8.81. The van der Waals surface area contributed by atoms with Crippen LogP contribution in [0.15, 0.2) is 0 Å². The van der Waals surface area contributed by atoms with Gasteiger partial charge in [0.05, 0.1) is 0 Å². The monoisotopic (exact) mass is 190 g/mol. The summed E-state index contributed by atoms with van der Waals surface area (Å²) < 4.78 is 30.7. The maximum absolute atomic E-state index is 8.60. The molecule has 0 amide bonds. The molecule has 1 heteroatoms. The van der Waals surface area contributed by atoms with E-state index in [9.17, 15) is 0 Å². The fourth-order valence-corrected chi connectivity index (χ4v) is 1.25. The van der Waals surface area contributed by atoms with E-state index in [1.807, 2.05) is 0 Å². The normalized spacial score (nSPS) is 17.4. The van der Waals surface area contributed by atoms with E-state index in [2.05, 4.69) is 0 Å². The highest BCUT2D eigenvalue weighted by Crippen LogP contribution is 2.09. The third-order valence-electron chi connectivity index (χ3n) is 2.01. The summed E-state index contributed by atoms with van der Waals surface area (Å²) in [4.78, 5) is 0. The molecule has 0 saturated carbocycles. The molecule has 0 bridgehead atoms. The zero-order chi connectivity index (χ0) is 13.4. The van der Waals surface area contributed by atoms with Crippen LogP contribution in [0.1, 0.15) is 76.5 Å². The molecule has 0 fully saturated rings. The van der Waals surface area contributed by atoms with Gasteiger partial charge in [0.15, 0.2) is 0 Å². The lowest BCUT2D eigenvalue weighted by atomic mass is 10.1. The quantitative estimate of drug-likeness (QED) is 0.518. The summed E-state index contributed by atoms with van der Waals surface area (Å²) >= 11 is 0. The summed E-state index contributed by atoms with van der Waals surface area (Å²) in [6.07, 6.45) is 2.77. The number of aliphatic hydroxyl groups is 1. The van der Waals surface area contributed by atoms with Gasteiger partial charge in [0.2, 0.25) is 0 Å². The van der Waals surface area contributed by atoms with Crippen molar-refractivity contribution in [1.82, 2.24) is 0 Å². The van der Waals surface area contributed by atoms with Gasteiger partial charge < -0.3 is 5.11 Å². The third-order valence-corrected chi connectivity index (χ3v) is 2.01. The lowest BCUT2D eigenvalue weighted by molar-refractivity contribution is 0.282. The van der Waals surface area contributed by atoms with Gasteiger partial charge in [-0.25, -0.2) is 0 Å². The number of aliphatic hydroxyl groups excluding tert-OH is 1. The minimum absolute atomic E-state index is 0.219. The largest absolute Gasteiger partial charge is 0.396 e. The molecular formula is C12H26O. The molecule has 0 atom stereocenters. The van der Waals surface area contributed by atoms with Crippen molar-refractivity contribution >= 4 is 0 Å². The highest BCUT2D eigenvalue weighted by molar-refractivity contribution is 4.46. The van der Waals surface area contributed by atoms with Gasteiger partial charge in [-0.1, -0.05) is 64.6 Å². The predicted molar refractivity (Wildman–Crippen MR) is 58.9 cm³/mol. The summed E-state index contributed by atoms with van der Waals surface area (Å²) in [5, 5.41) is 8.60. The molecule has 0 aromatic heterocycles. The Morgan fingerprint density at radius 3 is 1.92 bits per heavy atom. The molecule has 0 heterocycles. The smallest absolute Gasteiger partial charge is 0.0431 e. The van der Waals surface area contributed by atoms with E-state index in [-0.39, 0.29) is 13.0 Å². The van der Waals surface area contributed by atoms with Gasteiger partial charge >= 0.3 is 0 Å². The molecule has 0 aromatic carbocycles. The van der Waals surface area contributed by atoms with Crippen LogP contribution in [0, 0.1) is 0 Å². The molecule has 0 rings (SSSR count). The first kappa shape index (κ1) is 7.28. The lowest BCUT2D eigenvalue weighted by Gasteiger charge is -2.00. The minimum Gasteiger partial charge on any atom is -0.396 e. The van der Waals surface area contributed by atoms with E-state index in [0.29, 0.717) is 6.42 Å². The summed E-state index contributed by atoms with van der Waals surface area (Å²) in [7, 11) is 0. The maximum atomic E-state index is 8.60. The number of unbranched alkanes of at least 4 members (excludes halogenated alkanes) is 5. The molecular weight excluding hydrogens is 160 g/mol. The second kappa shape index (κ2) is 12.0. The molecule has 0 aromatic rings. The van der Waals surface area contributed by atoms with Crippen LogP contribution < -0.4 is 0 Å². The third kappa shape index (κ3) is 12.0. The Hall–Kier alpha value is -0.0400. The highest BCUT2D eigenvalue weighted by atomic mass is 16.2. The Labute approximate surface area is 89.2 Å². The van der Waals surface area contributed by atoms with Crippen LogP contribution in [0.25, 0.3) is 0 Å². The van der Waals surface area contributed by atoms with Gasteiger partial charge in [0.1, 0.15) is 0 Å². The first-order valence-electron chi connectivity index (χ1n) is 7.48. The molecule has 1 nitrogen and oxygen atoms in total. The van der Waals surface area contributed by atoms with Crippen LogP contribution in [0.4, 0.5) is 0 Å². The first-order chi connectivity index (χ1) is 7.87. The van der Waals surface area contributed by atoms with Crippen LogP contribution in [-0.2, 0) is 0 Å². The van der Waals surface area contributed by atoms with Crippen molar-refractivity contribution in [2.75, 3.05) is 6.61 Å². The Kier molecular flexibility index (Phi) is 6.70. The zero-order valence-electron chi connectivity index (χ0n) is 12.8. The number of hydrogen-bond donors (Lipinski definition) is 1. The minimum atomic E-state index is -1.72. The average molecular weight is 190 g/mol. The molecule has 0 saturated heterocycles. The SMILES string of the molecule is [2H]C([2H])(CC)C([2H])([2H])CCCCCCCCO. The van der Waals surface area contributed by atoms with Gasteiger partial charge in [-0.15, -0.1) is 0 Å². The van der Waals surface area contributed by atoms with Crippen molar-refractivity contribution in [3.63, 3.8) is 0 Å². The van der Waals surface area contributed by atoms with E-state index in [1.165, 1.54) is 0 Å². The topological polar surface area (TPSA) is 20.2 Å². The second-order valence-electron chi connectivity index (χ2n) is 3.30. The predicted octanol–water partition coefficient (Wildman–Crippen LogP) is 3.90. The van der Waals surface area contributed by atoms with Crippen LogP contribution >= 0.6 is 0 Å². The van der Waals surface area contributed by atoms with Crippen molar-refractivity contribution in [3.8, 4) is 0 Å². The van der Waals surface area contributed by atoms with Gasteiger partial charge in [0, 0.05) is 12.1 Å². The van der Waals surface area contributed by atoms with Gasteiger partial charge in [-0.2, -0.15) is 0 Å². The summed E-state index contributed by atoms with van der Waals surface area (Å²) in [6, 6.07) is 0. The highest BCUT2D eigenvalue weighted by Gasteiger charge is 1.91. The van der Waals surface area contributed by atoms with Gasteiger partial charge in [-0.05, 0) is 6.42 Å². The van der Waals surface area contributed by atoms with E-state index in [1.54, 1.807) is 6.92 Å². The fourth-order valence-electron chi connectivity index (χ4n) is 1.25. The van der Waals surface area contributed by atoms with E-state index in [0.717, 1.165) is 38.5 Å². The van der Waals surface area contributed by atoms with Crippen molar-refractivity contribution in [1.29, 1.82) is 0 Å². The van der Waals surface area contributed by atoms with Crippen LogP contribution in [-0.4, -0.2) is 11.7 Å². The van der Waals surface area contributed by atoms with Crippen LogP contribution in [0.2, 0.25) is 0 Å². The molecule has 0 radical (unpaired) electrons. The lowest BCUT2D eigenvalue weighted by Crippen LogP contribution is -1.84. The maximum Gasteiger partial charge on any atom is 0.0431 e. The molecule has 13 heavy (non-hydrogen) atoms. The fraction of sp³-hybridized carbons (Fsp3) is 1.00. The van der Waals surface area contributed by atoms with Gasteiger partial charge in [0.25, 0.3) is 0 Å². The number of rotatable bonds is 10. The second-order valence-corrected chi connectivity index (χ2v) is 3.30. The van der Waals surface area contributed by atoms with Gasteiger partial charge in [-0.3, -0.25) is 0 Å². The molecule has 0 aliphatic rings. The molecule has 0 aliphatic carbocycles. The first-order valence-corrected chi connectivity index (χ1v) is 5.48. The Morgan fingerprint density at radius 2 is 1.38 bits per heavy atom. The summed E-state index contributed by atoms with van der Waals surface area (Å²) in [6.45, 7) is 1.94. The summed E-state index contributed by atoms with van der Waals surface area (Å²) in [5.74, 6) is 0. The van der Waals surface area contributed by atoms with Crippen LogP contribution in [0.3, 0.4) is 0 Å². The summed E-state index contributed by atoms with van der Waals surface area (Å²) in [5.41, 5.74) is 0. The van der Waals surface area contributed by atoms with E-state index < -0.39 is 12.7 Å². The molecule has 0 aliphatic heterocycles. The molecule has 0 spiro atoms. The van der Waals surface area contributed by atoms with Crippen LogP contribution in [0.5, 0.6) is 0 Å². The van der Waals surface area contributed by atoms with Crippen molar-refractivity contribution < 1.29 is 10.6 Å². The van der Waals surface area contributed by atoms with E-state index >= 15 is 0 Å². The van der Waals surface area contributed by atoms with Crippen molar-refractivity contribution in [3.05, 3.63) is 0 Å².